The Hall–Kier alpha value is -4.12. The summed E-state index contributed by atoms with van der Waals surface area (Å²) in [7, 11) is 0. The van der Waals surface area contributed by atoms with Gasteiger partial charge in [0.05, 0.1) is 38.7 Å². The number of anilines is 1. The predicted molar refractivity (Wildman–Crippen MR) is 157 cm³/mol. The highest BCUT2D eigenvalue weighted by atomic mass is 16.6. The zero-order valence-corrected chi connectivity index (χ0v) is 23.2. The molecule has 1 aliphatic heterocycles. The molecular formula is C33H34N4O5. The zero-order valence-electron chi connectivity index (χ0n) is 23.2. The average Bonchev–Trinajstić information content (AvgIpc) is 3.61. The van der Waals surface area contributed by atoms with Crippen molar-refractivity contribution in [2.45, 2.75) is 43.7 Å². The van der Waals surface area contributed by atoms with Gasteiger partial charge in [-0.25, -0.2) is 9.50 Å². The lowest BCUT2D eigenvalue weighted by Crippen LogP contribution is -2.47. The molecule has 0 amide bonds. The van der Waals surface area contributed by atoms with Crippen molar-refractivity contribution in [3.05, 3.63) is 132 Å². The molecular weight excluding hydrogens is 532 g/mol. The summed E-state index contributed by atoms with van der Waals surface area (Å²) in [6, 6.07) is 33.4. The number of ether oxygens (including phenoxy) is 4. The van der Waals surface area contributed by atoms with Crippen LogP contribution in [-0.2, 0) is 44.4 Å². The SMILES string of the molecule is Nc1ncnn2c([C@]3(CO)O[C@H](COCc4ccccc4)[C@@H](OCc4ccccc4)[C@H]3OCc3ccccc3)ccc12. The molecule has 0 aliphatic carbocycles. The first-order valence-corrected chi connectivity index (χ1v) is 14.0. The second-order valence-electron chi connectivity index (χ2n) is 10.3. The van der Waals surface area contributed by atoms with Crippen LogP contribution in [0.2, 0.25) is 0 Å². The number of hydrogen-bond acceptors (Lipinski definition) is 8. The van der Waals surface area contributed by atoms with Crippen molar-refractivity contribution in [1.29, 1.82) is 0 Å². The summed E-state index contributed by atoms with van der Waals surface area (Å²) in [5.41, 5.74) is 9.07. The number of hydrogen-bond donors (Lipinski definition) is 2. The second kappa shape index (κ2) is 12.8. The highest BCUT2D eigenvalue weighted by Gasteiger charge is 2.59. The summed E-state index contributed by atoms with van der Waals surface area (Å²) in [6.45, 7) is 0.872. The van der Waals surface area contributed by atoms with Crippen LogP contribution in [-0.4, -0.2) is 51.2 Å². The monoisotopic (exact) mass is 566 g/mol. The maximum absolute atomic E-state index is 11.1. The second-order valence-corrected chi connectivity index (χ2v) is 10.3. The number of aliphatic hydroxyl groups is 1. The Bertz CT molecular complexity index is 1570. The fourth-order valence-corrected chi connectivity index (χ4v) is 5.50. The fourth-order valence-electron chi connectivity index (χ4n) is 5.50. The van der Waals surface area contributed by atoms with Gasteiger partial charge in [0.15, 0.2) is 11.4 Å². The topological polar surface area (TPSA) is 113 Å². The van der Waals surface area contributed by atoms with Crippen LogP contribution in [0.4, 0.5) is 5.82 Å². The minimum Gasteiger partial charge on any atom is -0.393 e. The van der Waals surface area contributed by atoms with Gasteiger partial charge in [0.1, 0.15) is 30.2 Å². The molecule has 216 valence electrons. The quantitative estimate of drug-likeness (QED) is 0.230. The zero-order chi connectivity index (χ0) is 28.8. The molecule has 9 nitrogen and oxygen atoms in total. The van der Waals surface area contributed by atoms with Gasteiger partial charge in [-0.05, 0) is 28.8 Å². The normalized spacial score (nSPS) is 22.1. The molecule has 2 aromatic heterocycles. The highest BCUT2D eigenvalue weighted by molar-refractivity contribution is 5.65. The third-order valence-electron chi connectivity index (χ3n) is 7.59. The molecule has 0 spiro atoms. The van der Waals surface area contributed by atoms with E-state index in [9.17, 15) is 5.11 Å². The van der Waals surface area contributed by atoms with E-state index in [1.54, 1.807) is 4.52 Å². The van der Waals surface area contributed by atoms with Crippen LogP contribution >= 0.6 is 0 Å². The number of rotatable bonds is 12. The van der Waals surface area contributed by atoms with Crippen molar-refractivity contribution in [2.75, 3.05) is 18.9 Å². The summed E-state index contributed by atoms with van der Waals surface area (Å²) < 4.78 is 27.8. The van der Waals surface area contributed by atoms with Crippen molar-refractivity contribution in [2.24, 2.45) is 0 Å². The standard InChI is InChI=1S/C33H34N4O5/c34-32-27-16-17-29(37(27)36-23-35-32)33(22-38)31(41-20-26-14-8-3-9-15-26)30(40-19-25-12-6-2-7-13-25)28(42-33)21-39-18-24-10-4-1-5-11-24/h1-17,23,28,30-31,38H,18-22H2,(H2,34,35,36)/t28-,30-,31-,33+/m1/s1. The van der Waals surface area contributed by atoms with Gasteiger partial charge >= 0.3 is 0 Å². The van der Waals surface area contributed by atoms with Gasteiger partial charge in [-0.2, -0.15) is 5.10 Å². The summed E-state index contributed by atoms with van der Waals surface area (Å²) >= 11 is 0. The van der Waals surface area contributed by atoms with E-state index in [-0.39, 0.29) is 13.2 Å². The molecule has 1 saturated heterocycles. The fraction of sp³-hybridized carbons (Fsp3) is 0.273. The van der Waals surface area contributed by atoms with Gasteiger partial charge in [-0.15, -0.1) is 0 Å². The lowest BCUT2D eigenvalue weighted by atomic mass is 9.91. The van der Waals surface area contributed by atoms with Crippen molar-refractivity contribution in [3.8, 4) is 0 Å². The smallest absolute Gasteiger partial charge is 0.162 e. The first-order chi connectivity index (χ1) is 20.7. The molecule has 1 fully saturated rings. The molecule has 5 aromatic rings. The molecule has 1 aliphatic rings. The molecule has 0 saturated carbocycles. The Kier molecular flexibility index (Phi) is 8.55. The van der Waals surface area contributed by atoms with Gasteiger partial charge in [0, 0.05) is 0 Å². The third-order valence-corrected chi connectivity index (χ3v) is 7.59. The van der Waals surface area contributed by atoms with E-state index in [1.165, 1.54) is 6.33 Å². The minimum absolute atomic E-state index is 0.224. The number of aromatic nitrogens is 3. The largest absolute Gasteiger partial charge is 0.393 e. The van der Waals surface area contributed by atoms with Crippen LogP contribution in [0.5, 0.6) is 0 Å². The van der Waals surface area contributed by atoms with Gasteiger partial charge in [-0.1, -0.05) is 91.0 Å². The van der Waals surface area contributed by atoms with Crippen molar-refractivity contribution in [1.82, 2.24) is 14.6 Å². The summed E-state index contributed by atoms with van der Waals surface area (Å²) in [6.07, 6.45) is -0.474. The molecule has 3 heterocycles. The molecule has 42 heavy (non-hydrogen) atoms. The van der Waals surface area contributed by atoms with Crippen molar-refractivity contribution < 1.29 is 24.1 Å². The van der Waals surface area contributed by atoms with E-state index in [0.29, 0.717) is 36.8 Å². The summed E-state index contributed by atoms with van der Waals surface area (Å²) in [4.78, 5) is 4.12. The summed E-state index contributed by atoms with van der Waals surface area (Å²) in [5.74, 6) is 0.323. The van der Waals surface area contributed by atoms with Crippen LogP contribution in [0, 0.1) is 0 Å². The number of aliphatic hydroxyl groups excluding tert-OH is 1. The number of nitrogen functional groups attached to an aromatic ring is 1. The van der Waals surface area contributed by atoms with E-state index in [2.05, 4.69) is 10.1 Å². The van der Waals surface area contributed by atoms with Crippen molar-refractivity contribution in [3.63, 3.8) is 0 Å². The molecule has 3 aromatic carbocycles. The van der Waals surface area contributed by atoms with Gasteiger partial charge in [0.2, 0.25) is 0 Å². The van der Waals surface area contributed by atoms with Crippen LogP contribution < -0.4 is 5.73 Å². The number of nitrogens with zero attached hydrogens (tertiary/aromatic N) is 3. The van der Waals surface area contributed by atoms with E-state index in [1.807, 2.05) is 103 Å². The Morgan fingerprint density at radius 2 is 1.38 bits per heavy atom. The van der Waals surface area contributed by atoms with E-state index in [0.717, 1.165) is 16.7 Å². The molecule has 9 heteroatoms. The number of benzene rings is 3. The molecule has 0 bridgehead atoms. The average molecular weight is 567 g/mol. The van der Waals surface area contributed by atoms with E-state index < -0.39 is 23.9 Å². The molecule has 6 rings (SSSR count). The Morgan fingerprint density at radius 3 is 2.00 bits per heavy atom. The lowest BCUT2D eigenvalue weighted by molar-refractivity contribution is -0.150. The Balaban J connectivity index is 1.36. The maximum Gasteiger partial charge on any atom is 0.162 e. The van der Waals surface area contributed by atoms with E-state index >= 15 is 0 Å². The predicted octanol–water partition coefficient (Wildman–Crippen LogP) is 4.29. The Morgan fingerprint density at radius 1 is 0.786 bits per heavy atom. The van der Waals surface area contributed by atoms with Gasteiger partial charge in [0.25, 0.3) is 0 Å². The lowest BCUT2D eigenvalue weighted by Gasteiger charge is -2.33. The van der Waals surface area contributed by atoms with Crippen LogP contribution in [0.3, 0.4) is 0 Å². The van der Waals surface area contributed by atoms with E-state index in [4.69, 9.17) is 24.7 Å². The highest BCUT2D eigenvalue weighted by Crippen LogP contribution is 2.44. The third kappa shape index (κ3) is 5.78. The number of nitrogens with two attached hydrogens (primary N) is 1. The van der Waals surface area contributed by atoms with Gasteiger partial charge in [-0.3, -0.25) is 0 Å². The number of fused-ring (bicyclic) bond motifs is 1. The molecule has 0 unspecified atom stereocenters. The minimum atomic E-state index is -1.33. The van der Waals surface area contributed by atoms with Gasteiger partial charge < -0.3 is 29.8 Å². The first kappa shape index (κ1) is 28.0. The van der Waals surface area contributed by atoms with Crippen molar-refractivity contribution >= 4 is 11.3 Å². The van der Waals surface area contributed by atoms with Crippen LogP contribution in [0.1, 0.15) is 22.4 Å². The first-order valence-electron chi connectivity index (χ1n) is 14.0. The molecule has 3 N–H and O–H groups in total. The van der Waals surface area contributed by atoms with Crippen LogP contribution in [0.25, 0.3) is 5.52 Å². The Labute approximate surface area is 244 Å². The maximum atomic E-state index is 11.1. The molecule has 4 atom stereocenters. The van der Waals surface area contributed by atoms with Crippen LogP contribution in [0.15, 0.2) is 109 Å². The molecule has 0 radical (unpaired) electrons. The summed E-state index contributed by atoms with van der Waals surface area (Å²) in [5, 5.41) is 15.6.